The molecule has 1 fully saturated rings. The normalized spacial score (nSPS) is 14.1. The van der Waals surface area contributed by atoms with E-state index in [9.17, 15) is 4.79 Å². The van der Waals surface area contributed by atoms with E-state index in [0.717, 1.165) is 29.5 Å². The molecule has 1 aliphatic carbocycles. The van der Waals surface area contributed by atoms with Gasteiger partial charge in [-0.25, -0.2) is 4.68 Å². The van der Waals surface area contributed by atoms with E-state index >= 15 is 0 Å². The maximum Gasteiger partial charge on any atom is 0.238 e. The molecule has 2 aromatic rings. The Labute approximate surface area is 124 Å². The summed E-state index contributed by atoms with van der Waals surface area (Å²) in [7, 11) is 0. The van der Waals surface area contributed by atoms with Crippen molar-refractivity contribution in [1.29, 1.82) is 0 Å². The van der Waals surface area contributed by atoms with Crippen LogP contribution in [0.15, 0.2) is 36.5 Å². The molecular weight excluding hydrogens is 264 g/mol. The molecule has 1 heterocycles. The van der Waals surface area contributed by atoms with Crippen LogP contribution in [0.2, 0.25) is 0 Å². The van der Waals surface area contributed by atoms with Gasteiger partial charge in [0.15, 0.2) is 0 Å². The second-order valence-electron chi connectivity index (χ2n) is 5.54. The average molecular weight is 284 g/mol. The summed E-state index contributed by atoms with van der Waals surface area (Å²) in [6.45, 7) is 3.23. The molecule has 0 saturated heterocycles. The molecule has 5 heteroatoms. The van der Waals surface area contributed by atoms with Crippen LogP contribution in [0.1, 0.15) is 18.5 Å². The number of aromatic nitrogens is 2. The molecule has 1 aromatic carbocycles. The number of anilines is 1. The van der Waals surface area contributed by atoms with Crippen molar-refractivity contribution in [3.8, 4) is 5.69 Å². The van der Waals surface area contributed by atoms with E-state index in [4.69, 9.17) is 0 Å². The number of hydrogen-bond acceptors (Lipinski definition) is 3. The van der Waals surface area contributed by atoms with Gasteiger partial charge in [0.25, 0.3) is 0 Å². The first kappa shape index (κ1) is 13.8. The highest BCUT2D eigenvalue weighted by atomic mass is 16.1. The van der Waals surface area contributed by atoms with E-state index in [2.05, 4.69) is 15.7 Å². The molecule has 0 radical (unpaired) electrons. The number of nitrogens with one attached hydrogen (secondary N) is 2. The first-order valence-electron chi connectivity index (χ1n) is 7.34. The Bertz CT molecular complexity index is 631. The summed E-state index contributed by atoms with van der Waals surface area (Å²) < 4.78 is 1.78. The van der Waals surface area contributed by atoms with Crippen molar-refractivity contribution in [2.75, 3.05) is 18.4 Å². The molecule has 1 aliphatic rings. The van der Waals surface area contributed by atoms with Crippen LogP contribution in [0.5, 0.6) is 0 Å². The van der Waals surface area contributed by atoms with E-state index < -0.39 is 0 Å². The third-order valence-corrected chi connectivity index (χ3v) is 3.56. The zero-order valence-corrected chi connectivity index (χ0v) is 12.2. The first-order chi connectivity index (χ1) is 10.2. The second-order valence-corrected chi connectivity index (χ2v) is 5.54. The third kappa shape index (κ3) is 3.70. The number of carbonyl (C=O) groups is 1. The van der Waals surface area contributed by atoms with E-state index in [1.54, 1.807) is 4.68 Å². The molecule has 2 N–H and O–H groups in total. The molecule has 1 saturated carbocycles. The number of para-hydroxylation sites is 2. The lowest BCUT2D eigenvalue weighted by molar-refractivity contribution is -0.115. The summed E-state index contributed by atoms with van der Waals surface area (Å²) in [4.78, 5) is 12.0. The maximum absolute atomic E-state index is 12.0. The van der Waals surface area contributed by atoms with Crippen molar-refractivity contribution < 1.29 is 4.79 Å². The summed E-state index contributed by atoms with van der Waals surface area (Å²) in [5.41, 5.74) is 2.60. The number of carbonyl (C=O) groups excluding carboxylic acids is 1. The summed E-state index contributed by atoms with van der Waals surface area (Å²) in [5.74, 6) is 0.754. The lowest BCUT2D eigenvalue weighted by atomic mass is 10.2. The van der Waals surface area contributed by atoms with Crippen molar-refractivity contribution in [3.05, 3.63) is 42.2 Å². The molecule has 1 amide bonds. The maximum atomic E-state index is 12.0. The van der Waals surface area contributed by atoms with Gasteiger partial charge in [0, 0.05) is 6.20 Å². The Kier molecular flexibility index (Phi) is 4.01. The molecule has 21 heavy (non-hydrogen) atoms. The predicted molar refractivity (Wildman–Crippen MR) is 82.5 cm³/mol. The highest BCUT2D eigenvalue weighted by Crippen LogP contribution is 2.27. The Morgan fingerprint density at radius 3 is 2.86 bits per heavy atom. The number of aryl methyl sites for hydroxylation is 1. The van der Waals surface area contributed by atoms with E-state index in [1.807, 2.05) is 43.5 Å². The number of rotatable bonds is 6. The van der Waals surface area contributed by atoms with Crippen molar-refractivity contribution in [1.82, 2.24) is 15.1 Å². The van der Waals surface area contributed by atoms with Crippen LogP contribution in [0.25, 0.3) is 5.69 Å². The van der Waals surface area contributed by atoms with Crippen molar-refractivity contribution in [2.24, 2.45) is 5.92 Å². The molecule has 0 bridgehead atoms. The SMILES string of the molecule is Cc1ccn(-c2ccccc2NC(=O)CNCC2CC2)n1. The summed E-state index contributed by atoms with van der Waals surface area (Å²) >= 11 is 0. The zero-order chi connectivity index (χ0) is 14.7. The summed E-state index contributed by atoms with van der Waals surface area (Å²) in [6, 6.07) is 9.63. The number of nitrogens with zero attached hydrogens (tertiary/aromatic N) is 2. The van der Waals surface area contributed by atoms with Gasteiger partial charge in [0.05, 0.1) is 23.6 Å². The van der Waals surface area contributed by atoms with Gasteiger partial charge in [-0.3, -0.25) is 4.79 Å². The van der Waals surface area contributed by atoms with Gasteiger partial charge in [0.2, 0.25) is 5.91 Å². The van der Waals surface area contributed by atoms with Gasteiger partial charge in [-0.15, -0.1) is 0 Å². The second kappa shape index (κ2) is 6.10. The van der Waals surface area contributed by atoms with Gasteiger partial charge >= 0.3 is 0 Å². The fourth-order valence-corrected chi connectivity index (χ4v) is 2.23. The fraction of sp³-hybridized carbons (Fsp3) is 0.375. The average Bonchev–Trinajstić information content (AvgIpc) is 3.19. The van der Waals surface area contributed by atoms with Crippen molar-refractivity contribution in [3.63, 3.8) is 0 Å². The Balaban J connectivity index is 1.65. The molecule has 0 atom stereocenters. The minimum atomic E-state index is -0.0213. The minimum absolute atomic E-state index is 0.0213. The summed E-state index contributed by atoms with van der Waals surface area (Å²) in [6.07, 6.45) is 4.47. The number of amides is 1. The lowest BCUT2D eigenvalue weighted by Gasteiger charge is -2.11. The highest BCUT2D eigenvalue weighted by Gasteiger charge is 2.20. The lowest BCUT2D eigenvalue weighted by Crippen LogP contribution is -2.29. The Morgan fingerprint density at radius 1 is 1.33 bits per heavy atom. The Hall–Kier alpha value is -2.14. The Morgan fingerprint density at radius 2 is 2.14 bits per heavy atom. The minimum Gasteiger partial charge on any atom is -0.323 e. The fourth-order valence-electron chi connectivity index (χ4n) is 2.23. The zero-order valence-electron chi connectivity index (χ0n) is 12.2. The monoisotopic (exact) mass is 284 g/mol. The molecule has 5 nitrogen and oxygen atoms in total. The van der Waals surface area contributed by atoms with Gasteiger partial charge in [-0.2, -0.15) is 5.10 Å². The largest absolute Gasteiger partial charge is 0.323 e. The predicted octanol–water partition coefficient (Wildman–Crippen LogP) is 2.12. The van der Waals surface area contributed by atoms with Crippen LogP contribution in [0.3, 0.4) is 0 Å². The quantitative estimate of drug-likeness (QED) is 0.854. The van der Waals surface area contributed by atoms with Gasteiger partial charge in [0.1, 0.15) is 0 Å². The third-order valence-electron chi connectivity index (χ3n) is 3.56. The van der Waals surface area contributed by atoms with Crippen molar-refractivity contribution >= 4 is 11.6 Å². The molecule has 1 aromatic heterocycles. The van der Waals surface area contributed by atoms with Crippen LogP contribution >= 0.6 is 0 Å². The molecule has 110 valence electrons. The summed E-state index contributed by atoms with van der Waals surface area (Å²) in [5, 5.41) is 10.5. The molecular formula is C16H20N4O. The smallest absolute Gasteiger partial charge is 0.238 e. The van der Waals surface area contributed by atoms with Crippen LogP contribution in [0.4, 0.5) is 5.69 Å². The molecule has 0 aliphatic heterocycles. The van der Waals surface area contributed by atoms with Crippen LogP contribution < -0.4 is 10.6 Å². The number of benzene rings is 1. The first-order valence-corrected chi connectivity index (χ1v) is 7.34. The van der Waals surface area contributed by atoms with Crippen LogP contribution in [0, 0.1) is 12.8 Å². The van der Waals surface area contributed by atoms with E-state index in [-0.39, 0.29) is 5.91 Å². The van der Waals surface area contributed by atoms with E-state index in [0.29, 0.717) is 6.54 Å². The van der Waals surface area contributed by atoms with Crippen LogP contribution in [-0.2, 0) is 4.79 Å². The molecule has 3 rings (SSSR count). The topological polar surface area (TPSA) is 59.0 Å². The number of hydrogen-bond donors (Lipinski definition) is 2. The van der Waals surface area contributed by atoms with Gasteiger partial charge < -0.3 is 10.6 Å². The molecule has 0 spiro atoms. The highest BCUT2D eigenvalue weighted by molar-refractivity contribution is 5.94. The van der Waals surface area contributed by atoms with Crippen molar-refractivity contribution in [2.45, 2.75) is 19.8 Å². The van der Waals surface area contributed by atoms with Crippen LogP contribution in [-0.4, -0.2) is 28.8 Å². The van der Waals surface area contributed by atoms with Gasteiger partial charge in [-0.1, -0.05) is 12.1 Å². The standard InChI is InChI=1S/C16H20N4O/c1-12-8-9-20(19-12)15-5-3-2-4-14(15)18-16(21)11-17-10-13-6-7-13/h2-5,8-9,13,17H,6-7,10-11H2,1H3,(H,18,21). The molecule has 0 unspecified atom stereocenters. The van der Waals surface area contributed by atoms with E-state index in [1.165, 1.54) is 12.8 Å². The van der Waals surface area contributed by atoms with Gasteiger partial charge in [-0.05, 0) is 50.4 Å².